The molecule has 2 aliphatic heterocycles. The first-order valence-electron chi connectivity index (χ1n) is 10.3. The second-order valence-electron chi connectivity index (χ2n) is 8.89. The molecule has 150 valence electrons. The second kappa shape index (κ2) is 6.88. The maximum absolute atomic E-state index is 4.56. The minimum absolute atomic E-state index is 0.512. The summed E-state index contributed by atoms with van der Waals surface area (Å²) in [6.45, 7) is 11.5. The summed E-state index contributed by atoms with van der Waals surface area (Å²) in [5.41, 5.74) is 5.07. The number of rotatable bonds is 5. The Morgan fingerprint density at radius 3 is 2.45 bits per heavy atom. The van der Waals surface area contributed by atoms with E-state index in [9.17, 15) is 0 Å². The van der Waals surface area contributed by atoms with Gasteiger partial charge in [0.05, 0.1) is 5.69 Å². The standard InChI is InChI=1S/C23H28N6/c1-17(2)27-12-23(13-27)14-28(15-23)21-10-18(3)9-19(11-21)25-22-24-16-29(26-22)20-7-5-4-6-8-20/h4-11,16-17H,12-15H2,1-3H3,(H,25,26). The third-order valence-electron chi connectivity index (χ3n) is 6.06. The van der Waals surface area contributed by atoms with Crippen LogP contribution in [0.3, 0.4) is 0 Å². The van der Waals surface area contributed by atoms with Crippen molar-refractivity contribution in [2.75, 3.05) is 36.4 Å². The van der Waals surface area contributed by atoms with Crippen LogP contribution >= 0.6 is 0 Å². The molecule has 1 N–H and O–H groups in total. The Labute approximate surface area is 172 Å². The van der Waals surface area contributed by atoms with Crippen molar-refractivity contribution in [3.8, 4) is 5.69 Å². The number of benzene rings is 2. The van der Waals surface area contributed by atoms with E-state index in [0.717, 1.165) is 24.5 Å². The number of likely N-dealkylation sites (tertiary alicyclic amines) is 1. The molecule has 6 nitrogen and oxygen atoms in total. The summed E-state index contributed by atoms with van der Waals surface area (Å²) in [6.07, 6.45) is 1.74. The fourth-order valence-corrected chi connectivity index (χ4v) is 4.50. The van der Waals surface area contributed by atoms with Gasteiger partial charge in [-0.05, 0) is 56.7 Å². The van der Waals surface area contributed by atoms with Crippen LogP contribution in [0.15, 0.2) is 54.9 Å². The van der Waals surface area contributed by atoms with Gasteiger partial charge in [0.25, 0.3) is 0 Å². The average Bonchev–Trinajstić information content (AvgIpc) is 3.08. The van der Waals surface area contributed by atoms with Crippen molar-refractivity contribution in [3.05, 3.63) is 60.4 Å². The number of aryl methyl sites for hydroxylation is 1. The predicted molar refractivity (Wildman–Crippen MR) is 117 cm³/mol. The van der Waals surface area contributed by atoms with E-state index in [1.54, 1.807) is 11.0 Å². The number of para-hydroxylation sites is 1. The normalized spacial score (nSPS) is 18.0. The highest BCUT2D eigenvalue weighted by Crippen LogP contribution is 2.43. The number of nitrogens with one attached hydrogen (secondary N) is 1. The zero-order valence-electron chi connectivity index (χ0n) is 17.3. The van der Waals surface area contributed by atoms with Gasteiger partial charge in [0.1, 0.15) is 6.33 Å². The Bertz CT molecular complexity index is 995. The summed E-state index contributed by atoms with van der Waals surface area (Å²) in [5, 5.41) is 7.93. The number of hydrogen-bond acceptors (Lipinski definition) is 5. The van der Waals surface area contributed by atoms with Crippen LogP contribution in [0.2, 0.25) is 0 Å². The van der Waals surface area contributed by atoms with Crippen molar-refractivity contribution in [3.63, 3.8) is 0 Å². The van der Waals surface area contributed by atoms with Gasteiger partial charge in [-0.2, -0.15) is 4.98 Å². The zero-order chi connectivity index (χ0) is 20.0. The van der Waals surface area contributed by atoms with E-state index in [2.05, 4.69) is 64.2 Å². The van der Waals surface area contributed by atoms with Gasteiger partial charge in [0.2, 0.25) is 5.95 Å². The van der Waals surface area contributed by atoms with E-state index < -0.39 is 0 Å². The molecule has 2 saturated heterocycles. The lowest BCUT2D eigenvalue weighted by Crippen LogP contribution is -2.73. The van der Waals surface area contributed by atoms with Crippen LogP contribution in [0.4, 0.5) is 17.3 Å². The molecule has 0 unspecified atom stereocenters. The minimum atomic E-state index is 0.512. The summed E-state index contributed by atoms with van der Waals surface area (Å²) < 4.78 is 1.79. The highest BCUT2D eigenvalue weighted by molar-refractivity contribution is 5.65. The SMILES string of the molecule is Cc1cc(Nc2ncn(-c3ccccc3)n2)cc(N2CC3(C2)CN(C(C)C)C3)c1. The first-order chi connectivity index (χ1) is 14.0. The molecule has 0 atom stereocenters. The van der Waals surface area contributed by atoms with Gasteiger partial charge in [-0.3, -0.25) is 4.90 Å². The second-order valence-corrected chi connectivity index (χ2v) is 8.89. The largest absolute Gasteiger partial charge is 0.370 e. The highest BCUT2D eigenvalue weighted by atomic mass is 15.4. The van der Waals surface area contributed by atoms with Gasteiger partial charge in [-0.15, -0.1) is 5.10 Å². The first-order valence-corrected chi connectivity index (χ1v) is 10.3. The fraction of sp³-hybridized carbons (Fsp3) is 0.391. The molecule has 5 rings (SSSR count). The van der Waals surface area contributed by atoms with Gasteiger partial charge in [-0.1, -0.05) is 18.2 Å². The van der Waals surface area contributed by atoms with Gasteiger partial charge < -0.3 is 10.2 Å². The van der Waals surface area contributed by atoms with Crippen molar-refractivity contribution in [1.82, 2.24) is 19.7 Å². The van der Waals surface area contributed by atoms with Crippen LogP contribution in [0.5, 0.6) is 0 Å². The third kappa shape index (κ3) is 3.49. The fourth-order valence-electron chi connectivity index (χ4n) is 4.50. The lowest BCUT2D eigenvalue weighted by atomic mass is 9.72. The topological polar surface area (TPSA) is 49.2 Å². The molecule has 1 spiro atoms. The minimum Gasteiger partial charge on any atom is -0.370 e. The van der Waals surface area contributed by atoms with E-state index in [1.165, 1.54) is 24.3 Å². The molecule has 29 heavy (non-hydrogen) atoms. The quantitative estimate of drug-likeness (QED) is 0.719. The molecule has 1 aromatic heterocycles. The van der Waals surface area contributed by atoms with Crippen molar-refractivity contribution < 1.29 is 0 Å². The molecule has 2 aromatic carbocycles. The predicted octanol–water partition coefficient (Wildman–Crippen LogP) is 3.85. The third-order valence-corrected chi connectivity index (χ3v) is 6.06. The molecule has 3 aromatic rings. The van der Waals surface area contributed by atoms with Crippen molar-refractivity contribution in [2.24, 2.45) is 5.41 Å². The number of hydrogen-bond donors (Lipinski definition) is 1. The first kappa shape index (κ1) is 18.2. The molecule has 0 amide bonds. The Balaban J connectivity index is 1.27. The summed E-state index contributed by atoms with van der Waals surface area (Å²) in [4.78, 5) is 9.47. The molecule has 2 fully saturated rings. The van der Waals surface area contributed by atoms with Crippen LogP contribution in [0.25, 0.3) is 5.69 Å². The van der Waals surface area contributed by atoms with Crippen molar-refractivity contribution >= 4 is 17.3 Å². The molecule has 2 aliphatic rings. The maximum atomic E-state index is 4.56. The summed E-state index contributed by atoms with van der Waals surface area (Å²) >= 11 is 0. The Morgan fingerprint density at radius 2 is 1.72 bits per heavy atom. The zero-order valence-corrected chi connectivity index (χ0v) is 17.3. The molecule has 6 heteroatoms. The number of aromatic nitrogens is 3. The van der Waals surface area contributed by atoms with E-state index in [0.29, 0.717) is 17.4 Å². The molecule has 0 radical (unpaired) electrons. The summed E-state index contributed by atoms with van der Waals surface area (Å²) in [6, 6.07) is 17.3. The molecule has 3 heterocycles. The lowest BCUT2D eigenvalue weighted by Gasteiger charge is -2.62. The molecule has 0 saturated carbocycles. The van der Waals surface area contributed by atoms with Crippen molar-refractivity contribution in [1.29, 1.82) is 0 Å². The maximum Gasteiger partial charge on any atom is 0.246 e. The Hall–Kier alpha value is -2.86. The summed E-state index contributed by atoms with van der Waals surface area (Å²) in [7, 11) is 0. The van der Waals surface area contributed by atoms with Crippen LogP contribution in [-0.2, 0) is 0 Å². The lowest BCUT2D eigenvalue weighted by molar-refractivity contribution is -0.0411. The van der Waals surface area contributed by atoms with E-state index in [1.807, 2.05) is 30.3 Å². The monoisotopic (exact) mass is 388 g/mol. The van der Waals surface area contributed by atoms with E-state index >= 15 is 0 Å². The van der Waals surface area contributed by atoms with Crippen LogP contribution in [0.1, 0.15) is 19.4 Å². The van der Waals surface area contributed by atoms with Gasteiger partial charge in [0.15, 0.2) is 0 Å². The molecular weight excluding hydrogens is 360 g/mol. The number of anilines is 3. The molecule has 0 bridgehead atoms. The van der Waals surface area contributed by atoms with E-state index in [-0.39, 0.29) is 0 Å². The summed E-state index contributed by atoms with van der Waals surface area (Å²) in [5.74, 6) is 0.608. The van der Waals surface area contributed by atoms with Gasteiger partial charge in [0, 0.05) is 49.0 Å². The highest BCUT2D eigenvalue weighted by Gasteiger charge is 2.52. The molecule has 0 aliphatic carbocycles. The smallest absolute Gasteiger partial charge is 0.246 e. The Kier molecular flexibility index (Phi) is 4.32. The van der Waals surface area contributed by atoms with E-state index in [4.69, 9.17) is 0 Å². The molecular formula is C23H28N6. The van der Waals surface area contributed by atoms with Crippen LogP contribution in [-0.4, -0.2) is 51.9 Å². The van der Waals surface area contributed by atoms with Gasteiger partial charge in [-0.25, -0.2) is 4.68 Å². The number of nitrogens with zero attached hydrogens (tertiary/aromatic N) is 5. The van der Waals surface area contributed by atoms with Gasteiger partial charge >= 0.3 is 0 Å². The van der Waals surface area contributed by atoms with Crippen LogP contribution < -0.4 is 10.2 Å². The average molecular weight is 389 g/mol. The van der Waals surface area contributed by atoms with Crippen LogP contribution in [0, 0.1) is 12.3 Å². The van der Waals surface area contributed by atoms with Crippen molar-refractivity contribution in [2.45, 2.75) is 26.8 Å². The Morgan fingerprint density at radius 1 is 0.966 bits per heavy atom.